The van der Waals surface area contributed by atoms with Crippen molar-refractivity contribution in [3.63, 3.8) is 0 Å². The number of thiophene rings is 1. The van der Waals surface area contributed by atoms with Crippen LogP contribution in [0.15, 0.2) is 48.9 Å². The van der Waals surface area contributed by atoms with Crippen molar-refractivity contribution in [1.29, 1.82) is 0 Å². The maximum absolute atomic E-state index is 6.25. The Balaban J connectivity index is 1.76. The van der Waals surface area contributed by atoms with Crippen LogP contribution in [-0.4, -0.2) is 19.9 Å². The normalized spacial score (nSPS) is 11.0. The quantitative estimate of drug-likeness (QED) is 0.602. The summed E-state index contributed by atoms with van der Waals surface area (Å²) in [7, 11) is 0. The van der Waals surface area contributed by atoms with Gasteiger partial charge in [0.2, 0.25) is 0 Å². The Labute approximate surface area is 147 Å². The average molecular weight is 354 g/mol. The lowest BCUT2D eigenvalue weighted by Gasteiger charge is -2.00. The highest BCUT2D eigenvalue weighted by Gasteiger charge is 2.13. The van der Waals surface area contributed by atoms with Crippen molar-refractivity contribution < 1.29 is 0 Å². The molecular weight excluding hydrogens is 342 g/mol. The maximum atomic E-state index is 6.25. The van der Waals surface area contributed by atoms with Gasteiger partial charge in [-0.3, -0.25) is 4.98 Å². The number of fused-ring (bicyclic) bond motifs is 1. The molecule has 118 valence electrons. The summed E-state index contributed by atoms with van der Waals surface area (Å²) >= 11 is 7.83. The summed E-state index contributed by atoms with van der Waals surface area (Å²) < 4.78 is 0. The van der Waals surface area contributed by atoms with Crippen LogP contribution in [-0.2, 0) is 6.42 Å². The van der Waals surface area contributed by atoms with Gasteiger partial charge in [0.1, 0.15) is 16.3 Å². The minimum absolute atomic E-state index is 0.447. The average Bonchev–Trinajstić information content (AvgIpc) is 3.01. The third kappa shape index (κ3) is 2.81. The van der Waals surface area contributed by atoms with Crippen molar-refractivity contribution in [2.45, 2.75) is 6.42 Å². The summed E-state index contributed by atoms with van der Waals surface area (Å²) in [4.78, 5) is 19.2. The number of benzene rings is 1. The van der Waals surface area contributed by atoms with Crippen molar-refractivity contribution in [2.75, 3.05) is 5.73 Å². The maximum Gasteiger partial charge on any atom is 0.183 e. The highest BCUT2D eigenvalue weighted by molar-refractivity contribution is 7.18. The summed E-state index contributed by atoms with van der Waals surface area (Å²) in [5.74, 6) is 0.932. The lowest BCUT2D eigenvalue weighted by Crippen LogP contribution is -1.97. The van der Waals surface area contributed by atoms with E-state index in [4.69, 9.17) is 17.3 Å². The van der Waals surface area contributed by atoms with Crippen molar-refractivity contribution in [1.82, 2.24) is 19.9 Å². The largest absolute Gasteiger partial charge is 0.383 e. The van der Waals surface area contributed by atoms with E-state index in [1.165, 1.54) is 0 Å². The molecule has 0 amide bonds. The third-order valence-corrected chi connectivity index (χ3v) is 4.99. The molecule has 4 aromatic rings. The second-order valence-corrected chi connectivity index (χ2v) is 6.75. The van der Waals surface area contributed by atoms with Crippen LogP contribution in [0.5, 0.6) is 0 Å². The number of nitrogen functional groups attached to an aromatic ring is 1. The van der Waals surface area contributed by atoms with Crippen LogP contribution in [0.25, 0.3) is 21.7 Å². The number of hydrogen-bond acceptors (Lipinski definition) is 6. The fourth-order valence-corrected chi connectivity index (χ4v) is 3.70. The molecule has 24 heavy (non-hydrogen) atoms. The summed E-state index contributed by atoms with van der Waals surface area (Å²) in [6.45, 7) is 0. The zero-order chi connectivity index (χ0) is 16.5. The van der Waals surface area contributed by atoms with E-state index in [1.54, 1.807) is 29.9 Å². The zero-order valence-electron chi connectivity index (χ0n) is 12.5. The molecule has 0 spiro atoms. The Morgan fingerprint density at radius 3 is 2.79 bits per heavy atom. The number of hydrogen-bond donors (Lipinski definition) is 1. The molecule has 2 N–H and O–H groups in total. The Morgan fingerprint density at radius 1 is 1.12 bits per heavy atom. The van der Waals surface area contributed by atoms with Crippen LogP contribution in [0.4, 0.5) is 5.82 Å². The number of nitrogens with zero attached hydrogens (tertiary/aromatic N) is 4. The van der Waals surface area contributed by atoms with Crippen LogP contribution in [0, 0.1) is 0 Å². The van der Waals surface area contributed by atoms with Gasteiger partial charge in [0, 0.05) is 28.7 Å². The third-order valence-electron chi connectivity index (χ3n) is 3.59. The van der Waals surface area contributed by atoms with Gasteiger partial charge < -0.3 is 5.73 Å². The number of aromatic nitrogens is 4. The molecule has 0 fully saturated rings. The molecule has 0 radical (unpaired) electrons. The van der Waals surface area contributed by atoms with E-state index in [0.717, 1.165) is 32.1 Å². The lowest BCUT2D eigenvalue weighted by atomic mass is 10.1. The minimum atomic E-state index is 0.447. The molecule has 4 rings (SSSR count). The van der Waals surface area contributed by atoms with E-state index >= 15 is 0 Å². The predicted molar refractivity (Wildman–Crippen MR) is 97.1 cm³/mol. The molecule has 0 aliphatic rings. The Morgan fingerprint density at radius 2 is 2.00 bits per heavy atom. The molecular formula is C17H12ClN5S. The van der Waals surface area contributed by atoms with Crippen LogP contribution >= 0.6 is 22.9 Å². The molecule has 0 saturated carbocycles. The fraction of sp³-hybridized carbons (Fsp3) is 0.0588. The highest BCUT2D eigenvalue weighted by Crippen LogP contribution is 2.31. The van der Waals surface area contributed by atoms with Crippen LogP contribution in [0.2, 0.25) is 5.02 Å². The van der Waals surface area contributed by atoms with E-state index in [9.17, 15) is 0 Å². The molecule has 0 aliphatic heterocycles. The molecule has 3 heterocycles. The fourth-order valence-electron chi connectivity index (χ4n) is 2.44. The van der Waals surface area contributed by atoms with Gasteiger partial charge in [0.05, 0.1) is 11.6 Å². The molecule has 0 aliphatic carbocycles. The first-order valence-electron chi connectivity index (χ1n) is 7.26. The predicted octanol–water partition coefficient (Wildman–Crippen LogP) is 3.97. The van der Waals surface area contributed by atoms with Gasteiger partial charge in [0.15, 0.2) is 5.82 Å². The molecule has 0 atom stereocenters. The zero-order valence-corrected chi connectivity index (χ0v) is 14.1. The summed E-state index contributed by atoms with van der Waals surface area (Å²) in [6, 6.07) is 9.85. The van der Waals surface area contributed by atoms with Crippen molar-refractivity contribution in [2.24, 2.45) is 0 Å². The number of halogens is 1. The molecule has 0 bridgehead atoms. The van der Waals surface area contributed by atoms with Gasteiger partial charge in [-0.25, -0.2) is 15.0 Å². The lowest BCUT2D eigenvalue weighted by molar-refractivity contribution is 1.14. The Bertz CT molecular complexity index is 1020. The van der Waals surface area contributed by atoms with Gasteiger partial charge in [-0.2, -0.15) is 0 Å². The highest BCUT2D eigenvalue weighted by atomic mass is 35.5. The van der Waals surface area contributed by atoms with E-state index in [-0.39, 0.29) is 0 Å². The van der Waals surface area contributed by atoms with Crippen molar-refractivity contribution >= 4 is 39.0 Å². The number of anilines is 1. The van der Waals surface area contributed by atoms with Crippen LogP contribution in [0.1, 0.15) is 10.4 Å². The topological polar surface area (TPSA) is 77.6 Å². The molecule has 7 heteroatoms. The minimum Gasteiger partial charge on any atom is -0.383 e. The first kappa shape index (κ1) is 15.0. The summed E-state index contributed by atoms with van der Waals surface area (Å²) in [5.41, 5.74) is 7.79. The van der Waals surface area contributed by atoms with E-state index in [0.29, 0.717) is 17.3 Å². The monoisotopic (exact) mass is 353 g/mol. The first-order chi connectivity index (χ1) is 11.7. The van der Waals surface area contributed by atoms with Crippen LogP contribution < -0.4 is 5.73 Å². The van der Waals surface area contributed by atoms with Gasteiger partial charge in [-0.1, -0.05) is 29.8 Å². The van der Waals surface area contributed by atoms with Crippen molar-refractivity contribution in [3.8, 4) is 11.5 Å². The van der Waals surface area contributed by atoms with E-state index < -0.39 is 0 Å². The molecule has 0 unspecified atom stereocenters. The Hall–Kier alpha value is -2.57. The van der Waals surface area contributed by atoms with Crippen LogP contribution in [0.3, 0.4) is 0 Å². The molecule has 3 aromatic heterocycles. The van der Waals surface area contributed by atoms with E-state index in [2.05, 4.69) is 19.9 Å². The second kappa shape index (κ2) is 6.14. The van der Waals surface area contributed by atoms with Gasteiger partial charge in [0.25, 0.3) is 0 Å². The number of nitrogens with two attached hydrogens (primary N) is 1. The van der Waals surface area contributed by atoms with Crippen molar-refractivity contribution in [3.05, 3.63) is 64.4 Å². The molecule has 0 saturated heterocycles. The van der Waals surface area contributed by atoms with Gasteiger partial charge >= 0.3 is 0 Å². The number of rotatable bonds is 3. The summed E-state index contributed by atoms with van der Waals surface area (Å²) in [5, 5.41) is 1.61. The smallest absolute Gasteiger partial charge is 0.183 e. The van der Waals surface area contributed by atoms with Gasteiger partial charge in [-0.05, 0) is 17.7 Å². The Kier molecular flexibility index (Phi) is 3.84. The van der Waals surface area contributed by atoms with Gasteiger partial charge in [-0.15, -0.1) is 11.3 Å². The second-order valence-electron chi connectivity index (χ2n) is 5.22. The SMILES string of the molecule is Nc1nc(-c2cnccn2)nc2sc(Cc3ccccc3Cl)cc12. The van der Waals surface area contributed by atoms with E-state index in [1.807, 2.05) is 30.3 Å². The first-order valence-corrected chi connectivity index (χ1v) is 8.46. The standard InChI is InChI=1S/C17H12ClN5S/c18-13-4-2-1-3-10(13)7-11-8-12-15(19)22-16(23-17(12)24-11)14-9-20-5-6-21-14/h1-6,8-9H,7H2,(H2,19,22,23). The molecule has 1 aromatic carbocycles. The molecule has 5 nitrogen and oxygen atoms in total. The summed E-state index contributed by atoms with van der Waals surface area (Å²) in [6.07, 6.45) is 5.58.